The summed E-state index contributed by atoms with van der Waals surface area (Å²) in [4.78, 5) is 0. The third-order valence-electron chi connectivity index (χ3n) is 2.61. The first kappa shape index (κ1) is 11.0. The molecule has 0 fully saturated rings. The van der Waals surface area contributed by atoms with Crippen LogP contribution in [0.4, 0.5) is 5.69 Å². The van der Waals surface area contributed by atoms with Crippen molar-refractivity contribution < 1.29 is 5.11 Å². The van der Waals surface area contributed by atoms with Gasteiger partial charge in [-0.05, 0) is 38.1 Å². The van der Waals surface area contributed by atoms with E-state index >= 15 is 0 Å². The summed E-state index contributed by atoms with van der Waals surface area (Å²) < 4.78 is 2.09. The summed E-state index contributed by atoms with van der Waals surface area (Å²) in [6, 6.07) is 8.31. The lowest BCUT2D eigenvalue weighted by molar-refractivity contribution is 0.0945. The highest BCUT2D eigenvalue weighted by atomic mass is 16.3. The lowest BCUT2D eigenvalue weighted by Crippen LogP contribution is -2.29. The van der Waals surface area contributed by atoms with E-state index in [4.69, 9.17) is 0 Å². The van der Waals surface area contributed by atoms with Gasteiger partial charge in [-0.2, -0.15) is 0 Å². The highest BCUT2D eigenvalue weighted by Gasteiger charge is 2.11. The Morgan fingerprint density at radius 1 is 1.31 bits per heavy atom. The number of nitrogens with one attached hydrogen (secondary N) is 1. The summed E-state index contributed by atoms with van der Waals surface area (Å²) in [6.07, 6.45) is 2.05. The number of anilines is 1. The molecule has 0 radical (unpaired) electrons. The molecule has 0 saturated carbocycles. The minimum atomic E-state index is -0.689. The summed E-state index contributed by atoms with van der Waals surface area (Å²) in [6.45, 7) is 4.13. The molecule has 0 aliphatic carbocycles. The van der Waals surface area contributed by atoms with E-state index in [1.807, 2.05) is 19.3 Å². The van der Waals surface area contributed by atoms with E-state index in [1.54, 1.807) is 13.8 Å². The smallest absolute Gasteiger partial charge is 0.0763 e. The van der Waals surface area contributed by atoms with Gasteiger partial charge in [0.1, 0.15) is 0 Å². The van der Waals surface area contributed by atoms with Crippen molar-refractivity contribution in [3.05, 3.63) is 30.5 Å². The van der Waals surface area contributed by atoms with Gasteiger partial charge in [-0.15, -0.1) is 0 Å². The zero-order chi connectivity index (χ0) is 11.8. The van der Waals surface area contributed by atoms with Gasteiger partial charge in [0, 0.05) is 36.4 Å². The van der Waals surface area contributed by atoms with Gasteiger partial charge in [0.2, 0.25) is 0 Å². The third kappa shape index (κ3) is 2.36. The fourth-order valence-corrected chi connectivity index (χ4v) is 1.71. The molecule has 1 aromatic carbocycles. The Morgan fingerprint density at radius 2 is 2.06 bits per heavy atom. The van der Waals surface area contributed by atoms with Crippen LogP contribution in [0.1, 0.15) is 13.8 Å². The van der Waals surface area contributed by atoms with Gasteiger partial charge >= 0.3 is 0 Å². The molecular weight excluding hydrogens is 200 g/mol. The van der Waals surface area contributed by atoms with Gasteiger partial charge in [-0.25, -0.2) is 0 Å². The number of nitrogens with zero attached hydrogens (tertiary/aromatic N) is 1. The molecule has 2 rings (SSSR count). The summed E-state index contributed by atoms with van der Waals surface area (Å²) in [5.41, 5.74) is 1.57. The van der Waals surface area contributed by atoms with Crippen LogP contribution in [0, 0.1) is 0 Å². The molecule has 2 N–H and O–H groups in total. The number of aromatic nitrogens is 1. The monoisotopic (exact) mass is 218 g/mol. The van der Waals surface area contributed by atoms with Crippen LogP contribution in [0.3, 0.4) is 0 Å². The van der Waals surface area contributed by atoms with E-state index in [0.717, 1.165) is 5.69 Å². The van der Waals surface area contributed by atoms with Crippen LogP contribution in [-0.4, -0.2) is 21.8 Å². The summed E-state index contributed by atoms with van der Waals surface area (Å²) in [5, 5.41) is 14.1. The van der Waals surface area contributed by atoms with E-state index in [1.165, 1.54) is 10.9 Å². The molecular formula is C13H18N2O. The highest BCUT2D eigenvalue weighted by Crippen LogP contribution is 2.20. The first-order valence-corrected chi connectivity index (χ1v) is 5.47. The average Bonchev–Trinajstić information content (AvgIpc) is 2.56. The average molecular weight is 218 g/mol. The van der Waals surface area contributed by atoms with Gasteiger partial charge in [-0.3, -0.25) is 0 Å². The minimum Gasteiger partial charge on any atom is -0.389 e. The van der Waals surface area contributed by atoms with E-state index in [-0.39, 0.29) is 0 Å². The van der Waals surface area contributed by atoms with Crippen LogP contribution in [0.15, 0.2) is 30.5 Å². The topological polar surface area (TPSA) is 37.2 Å². The molecule has 0 aliphatic rings. The fourth-order valence-electron chi connectivity index (χ4n) is 1.71. The summed E-state index contributed by atoms with van der Waals surface area (Å²) in [5.74, 6) is 0. The molecule has 0 bridgehead atoms. The Labute approximate surface area is 95.7 Å². The van der Waals surface area contributed by atoms with Crippen LogP contribution < -0.4 is 5.32 Å². The summed E-state index contributed by atoms with van der Waals surface area (Å²) in [7, 11) is 2.03. The Kier molecular flexibility index (Phi) is 2.64. The van der Waals surface area contributed by atoms with Crippen LogP contribution in [0.25, 0.3) is 10.9 Å². The van der Waals surface area contributed by atoms with Crippen molar-refractivity contribution in [3.63, 3.8) is 0 Å². The zero-order valence-corrected chi connectivity index (χ0v) is 9.99. The first-order chi connectivity index (χ1) is 7.46. The number of benzene rings is 1. The number of hydrogen-bond acceptors (Lipinski definition) is 2. The lowest BCUT2D eigenvalue weighted by atomic mass is 10.1. The Hall–Kier alpha value is -1.48. The molecule has 0 saturated heterocycles. The van der Waals surface area contributed by atoms with E-state index in [0.29, 0.717) is 6.54 Å². The predicted octanol–water partition coefficient (Wildman–Crippen LogP) is 2.36. The molecule has 0 atom stereocenters. The van der Waals surface area contributed by atoms with Crippen LogP contribution in [0.2, 0.25) is 0 Å². The molecule has 0 aliphatic heterocycles. The van der Waals surface area contributed by atoms with Gasteiger partial charge in [0.05, 0.1) is 5.60 Å². The Bertz CT molecular complexity index is 494. The molecule has 0 unspecified atom stereocenters. The first-order valence-electron chi connectivity index (χ1n) is 5.47. The third-order valence-corrected chi connectivity index (χ3v) is 2.61. The van der Waals surface area contributed by atoms with Crippen molar-refractivity contribution in [3.8, 4) is 0 Å². The largest absolute Gasteiger partial charge is 0.389 e. The second-order valence-corrected chi connectivity index (χ2v) is 4.87. The summed E-state index contributed by atoms with van der Waals surface area (Å²) >= 11 is 0. The predicted molar refractivity (Wildman–Crippen MR) is 67.7 cm³/mol. The molecule has 16 heavy (non-hydrogen) atoms. The minimum absolute atomic E-state index is 0.547. The Morgan fingerprint density at radius 3 is 2.75 bits per heavy atom. The molecule has 1 heterocycles. The zero-order valence-electron chi connectivity index (χ0n) is 9.99. The number of aryl methyl sites for hydroxylation is 1. The molecule has 3 heteroatoms. The number of fused-ring (bicyclic) bond motifs is 1. The van der Waals surface area contributed by atoms with E-state index < -0.39 is 5.60 Å². The van der Waals surface area contributed by atoms with Gasteiger partial charge in [0.25, 0.3) is 0 Å². The second kappa shape index (κ2) is 3.83. The molecule has 2 aromatic rings. The number of aliphatic hydroxyl groups is 1. The van der Waals surface area contributed by atoms with Gasteiger partial charge in [-0.1, -0.05) is 0 Å². The van der Waals surface area contributed by atoms with Crippen molar-refractivity contribution >= 4 is 16.6 Å². The van der Waals surface area contributed by atoms with E-state index in [2.05, 4.69) is 28.1 Å². The quantitative estimate of drug-likeness (QED) is 0.830. The fraction of sp³-hybridized carbons (Fsp3) is 0.385. The van der Waals surface area contributed by atoms with Crippen LogP contribution >= 0.6 is 0 Å². The standard InChI is InChI=1S/C13H18N2O/c1-13(2,16)9-14-11-4-5-12-10(8-11)6-7-15(12)3/h4-8,14,16H,9H2,1-3H3. The normalized spacial score (nSPS) is 12.0. The Balaban J connectivity index is 2.20. The van der Waals surface area contributed by atoms with Crippen LogP contribution in [-0.2, 0) is 7.05 Å². The number of rotatable bonds is 3. The van der Waals surface area contributed by atoms with Crippen molar-refractivity contribution in [2.75, 3.05) is 11.9 Å². The molecule has 0 amide bonds. The molecule has 0 spiro atoms. The SMILES string of the molecule is Cn1ccc2cc(NCC(C)(C)O)ccc21. The lowest BCUT2D eigenvalue weighted by Gasteiger charge is -2.18. The van der Waals surface area contributed by atoms with Crippen molar-refractivity contribution in [2.45, 2.75) is 19.4 Å². The second-order valence-electron chi connectivity index (χ2n) is 4.87. The van der Waals surface area contributed by atoms with Crippen molar-refractivity contribution in [1.82, 2.24) is 4.57 Å². The number of hydrogen-bond donors (Lipinski definition) is 2. The van der Waals surface area contributed by atoms with Crippen molar-refractivity contribution in [1.29, 1.82) is 0 Å². The maximum absolute atomic E-state index is 9.63. The highest BCUT2D eigenvalue weighted by molar-refractivity contribution is 5.83. The molecule has 1 aromatic heterocycles. The molecule has 3 nitrogen and oxygen atoms in total. The van der Waals surface area contributed by atoms with E-state index in [9.17, 15) is 5.11 Å². The maximum Gasteiger partial charge on any atom is 0.0763 e. The van der Waals surface area contributed by atoms with Gasteiger partial charge in [0.15, 0.2) is 0 Å². The van der Waals surface area contributed by atoms with Crippen molar-refractivity contribution in [2.24, 2.45) is 7.05 Å². The molecule has 86 valence electrons. The van der Waals surface area contributed by atoms with Gasteiger partial charge < -0.3 is 15.0 Å². The van der Waals surface area contributed by atoms with Crippen LogP contribution in [0.5, 0.6) is 0 Å². The maximum atomic E-state index is 9.63.